The van der Waals surface area contributed by atoms with Crippen LogP contribution in [0.1, 0.15) is 20.3 Å². The van der Waals surface area contributed by atoms with Gasteiger partial charge in [0.2, 0.25) is 0 Å². The fourth-order valence-electron chi connectivity index (χ4n) is 0.457. The van der Waals surface area contributed by atoms with E-state index in [2.05, 4.69) is 0 Å². The first-order valence-electron chi connectivity index (χ1n) is 3.23. The molecule has 0 aromatic carbocycles. The predicted molar refractivity (Wildman–Crippen MR) is 39.4 cm³/mol. The van der Waals surface area contributed by atoms with Crippen LogP contribution in [0.3, 0.4) is 0 Å². The Morgan fingerprint density at radius 2 is 2.20 bits per heavy atom. The summed E-state index contributed by atoms with van der Waals surface area (Å²) in [6, 6.07) is 0. The highest BCUT2D eigenvalue weighted by atomic mass is 31.1. The van der Waals surface area contributed by atoms with Gasteiger partial charge < -0.3 is 0 Å². The molecular weight excluding hydrogens is 151 g/mol. The van der Waals surface area contributed by atoms with Crippen molar-refractivity contribution in [3.63, 3.8) is 0 Å². The topological polar surface area (TPSA) is 43.4 Å². The van der Waals surface area contributed by atoms with Crippen LogP contribution in [-0.2, 0) is 13.9 Å². The Hall–Kier alpha value is -0.270. The molecule has 0 aliphatic carbocycles. The van der Waals surface area contributed by atoms with E-state index < -0.39 is 8.03 Å². The summed E-state index contributed by atoms with van der Waals surface area (Å²) < 4.78 is 15.5. The minimum Gasteiger partial charge on any atom is -0.300 e. The van der Waals surface area contributed by atoms with E-state index in [1.807, 2.05) is 0 Å². The Kier molecular flexibility index (Phi) is 5.36. The zero-order valence-electron chi connectivity index (χ0n) is 6.29. The summed E-state index contributed by atoms with van der Waals surface area (Å²) in [7, 11) is -1.58. The lowest BCUT2D eigenvalue weighted by atomic mass is 10.4. The van der Waals surface area contributed by atoms with Gasteiger partial charge in [0.25, 0.3) is 0 Å². The third-order valence-electron chi connectivity index (χ3n) is 0.920. The van der Waals surface area contributed by atoms with Crippen LogP contribution in [0.4, 0.5) is 0 Å². The molecule has 0 rings (SSSR count). The van der Waals surface area contributed by atoms with Crippen LogP contribution in [0.15, 0.2) is 0 Å². The molecule has 1 unspecified atom stereocenters. The number of carbonyl (C=O) groups is 1. The largest absolute Gasteiger partial charge is 0.508 e. The van der Waals surface area contributed by atoms with Gasteiger partial charge in [-0.3, -0.25) is 4.79 Å². The zero-order chi connectivity index (χ0) is 7.98. The lowest BCUT2D eigenvalue weighted by Gasteiger charge is -1.83. The normalized spacial score (nSPS) is 11.2. The van der Waals surface area contributed by atoms with Gasteiger partial charge in [0.15, 0.2) is 6.16 Å². The highest BCUT2D eigenvalue weighted by Gasteiger charge is 2.15. The molecule has 0 aliphatic heterocycles. The standard InChI is InChI=1S/C6H12O3P/c1-3-9-10(8)5-4-6(2)7/h3-5H2,1-2H3/q+1. The maximum Gasteiger partial charge on any atom is 0.508 e. The molecule has 58 valence electrons. The van der Waals surface area contributed by atoms with Gasteiger partial charge in [-0.15, -0.1) is 4.52 Å². The maximum atomic E-state index is 10.7. The summed E-state index contributed by atoms with van der Waals surface area (Å²) in [5, 5.41) is 0. The van der Waals surface area contributed by atoms with E-state index >= 15 is 0 Å². The maximum absolute atomic E-state index is 10.7. The van der Waals surface area contributed by atoms with Crippen LogP contribution in [-0.4, -0.2) is 18.6 Å². The second-order valence-electron chi connectivity index (χ2n) is 1.93. The first-order valence-corrected chi connectivity index (χ1v) is 4.60. The summed E-state index contributed by atoms with van der Waals surface area (Å²) >= 11 is 0. The molecule has 0 aliphatic rings. The van der Waals surface area contributed by atoms with E-state index in [0.29, 0.717) is 19.2 Å². The molecule has 0 N–H and O–H groups in total. The van der Waals surface area contributed by atoms with Crippen LogP contribution in [0.25, 0.3) is 0 Å². The lowest BCUT2D eigenvalue weighted by molar-refractivity contribution is -0.116. The Labute approximate surface area is 61.6 Å². The number of hydrogen-bond acceptors (Lipinski definition) is 3. The fourth-order valence-corrected chi connectivity index (χ4v) is 1.37. The van der Waals surface area contributed by atoms with Crippen molar-refractivity contribution in [2.45, 2.75) is 20.3 Å². The monoisotopic (exact) mass is 163 g/mol. The molecule has 0 spiro atoms. The van der Waals surface area contributed by atoms with E-state index in [4.69, 9.17) is 4.52 Å². The molecule has 0 heterocycles. The van der Waals surface area contributed by atoms with Gasteiger partial charge in [-0.25, -0.2) is 0 Å². The number of Topliss-reactive ketones (excluding diaryl/α,β-unsaturated/α-hetero) is 1. The molecule has 4 heteroatoms. The Morgan fingerprint density at radius 3 is 2.60 bits per heavy atom. The van der Waals surface area contributed by atoms with E-state index in [1.54, 1.807) is 6.92 Å². The third-order valence-corrected chi connectivity index (χ3v) is 2.05. The Bertz CT molecular complexity index is 133. The Morgan fingerprint density at radius 1 is 1.60 bits per heavy atom. The number of carbonyl (C=O) groups excluding carboxylic acids is 1. The van der Waals surface area contributed by atoms with Crippen LogP contribution in [0.5, 0.6) is 0 Å². The molecule has 0 aromatic heterocycles. The van der Waals surface area contributed by atoms with Crippen molar-refractivity contribution < 1.29 is 13.9 Å². The summed E-state index contributed by atoms with van der Waals surface area (Å²) in [4.78, 5) is 10.4. The van der Waals surface area contributed by atoms with Crippen molar-refractivity contribution in [2.75, 3.05) is 12.8 Å². The van der Waals surface area contributed by atoms with Gasteiger partial charge in [0.05, 0.1) is 13.0 Å². The summed E-state index contributed by atoms with van der Waals surface area (Å²) in [5.41, 5.74) is 0. The van der Waals surface area contributed by atoms with E-state index in [0.717, 1.165) is 0 Å². The van der Waals surface area contributed by atoms with Crippen LogP contribution >= 0.6 is 8.03 Å². The van der Waals surface area contributed by atoms with Crippen molar-refractivity contribution in [1.82, 2.24) is 0 Å². The first-order chi connectivity index (χ1) is 4.66. The minimum absolute atomic E-state index is 0.0584. The average Bonchev–Trinajstić information content (AvgIpc) is 1.85. The zero-order valence-corrected chi connectivity index (χ0v) is 7.19. The molecule has 10 heavy (non-hydrogen) atoms. The number of rotatable bonds is 5. The second kappa shape index (κ2) is 5.51. The minimum atomic E-state index is -1.58. The van der Waals surface area contributed by atoms with Crippen LogP contribution in [0.2, 0.25) is 0 Å². The van der Waals surface area contributed by atoms with Crippen molar-refractivity contribution in [2.24, 2.45) is 0 Å². The van der Waals surface area contributed by atoms with Crippen molar-refractivity contribution in [3.05, 3.63) is 0 Å². The molecular formula is C6H12O3P+. The summed E-state index contributed by atoms with van der Waals surface area (Å²) in [6.07, 6.45) is 0.716. The second-order valence-corrected chi connectivity index (χ2v) is 3.30. The Balaban J connectivity index is 3.30. The average molecular weight is 163 g/mol. The molecule has 0 amide bonds. The highest BCUT2D eigenvalue weighted by molar-refractivity contribution is 7.39. The van der Waals surface area contributed by atoms with E-state index in [9.17, 15) is 9.36 Å². The lowest BCUT2D eigenvalue weighted by Crippen LogP contribution is -1.92. The SMILES string of the molecule is CCO[P+](=O)CCC(C)=O. The van der Waals surface area contributed by atoms with Gasteiger partial charge in [-0.1, -0.05) is 0 Å². The first kappa shape index (κ1) is 9.73. The summed E-state index contributed by atoms with van der Waals surface area (Å²) in [6.45, 7) is 3.71. The smallest absolute Gasteiger partial charge is 0.300 e. The molecule has 0 aromatic rings. The molecule has 0 bridgehead atoms. The van der Waals surface area contributed by atoms with Gasteiger partial charge in [-0.05, 0) is 18.4 Å². The van der Waals surface area contributed by atoms with Gasteiger partial charge in [0.1, 0.15) is 5.78 Å². The molecule has 0 saturated carbocycles. The number of hydrogen-bond donors (Lipinski definition) is 0. The van der Waals surface area contributed by atoms with Gasteiger partial charge in [-0.2, -0.15) is 0 Å². The van der Waals surface area contributed by atoms with Crippen molar-refractivity contribution >= 4 is 13.8 Å². The fraction of sp³-hybridized carbons (Fsp3) is 0.833. The summed E-state index contributed by atoms with van der Waals surface area (Å²) in [5.74, 6) is 0.0584. The molecule has 0 radical (unpaired) electrons. The van der Waals surface area contributed by atoms with Crippen molar-refractivity contribution in [3.8, 4) is 0 Å². The van der Waals surface area contributed by atoms with Gasteiger partial charge >= 0.3 is 8.03 Å². The van der Waals surface area contributed by atoms with Crippen LogP contribution < -0.4 is 0 Å². The molecule has 0 saturated heterocycles. The molecule has 3 nitrogen and oxygen atoms in total. The van der Waals surface area contributed by atoms with E-state index in [-0.39, 0.29) is 5.78 Å². The van der Waals surface area contributed by atoms with E-state index in [1.165, 1.54) is 6.92 Å². The highest BCUT2D eigenvalue weighted by Crippen LogP contribution is 2.22. The quantitative estimate of drug-likeness (QED) is 0.580. The molecule has 0 fully saturated rings. The predicted octanol–water partition coefficient (Wildman–Crippen LogP) is 1.74. The number of ketones is 1. The van der Waals surface area contributed by atoms with Crippen LogP contribution in [0, 0.1) is 0 Å². The van der Waals surface area contributed by atoms with Crippen molar-refractivity contribution in [1.29, 1.82) is 0 Å². The molecule has 1 atom stereocenters. The third kappa shape index (κ3) is 5.86. The van der Waals surface area contributed by atoms with Gasteiger partial charge in [0, 0.05) is 0 Å².